The highest BCUT2D eigenvalue weighted by Crippen LogP contribution is 2.33. The van der Waals surface area contributed by atoms with Gasteiger partial charge in [-0.15, -0.1) is 0 Å². The van der Waals surface area contributed by atoms with Gasteiger partial charge in [-0.2, -0.15) is 0 Å². The van der Waals surface area contributed by atoms with Crippen molar-refractivity contribution in [2.75, 3.05) is 0 Å². The molecule has 1 fully saturated rings. The Morgan fingerprint density at radius 3 is 2.54 bits per heavy atom. The van der Waals surface area contributed by atoms with Crippen molar-refractivity contribution in [1.82, 2.24) is 10.3 Å². The van der Waals surface area contributed by atoms with Crippen molar-refractivity contribution in [3.8, 4) is 0 Å². The second kappa shape index (κ2) is 11.4. The highest BCUT2D eigenvalue weighted by Gasteiger charge is 2.33. The zero-order valence-corrected chi connectivity index (χ0v) is 19.7. The Labute approximate surface area is 204 Å². The molecule has 3 atom stereocenters. The number of carbonyl (C=O) groups excluding carboxylic acids is 2. The van der Waals surface area contributed by atoms with Crippen molar-refractivity contribution in [2.45, 2.75) is 57.1 Å². The van der Waals surface area contributed by atoms with Crippen LogP contribution in [-0.2, 0) is 11.2 Å². The molecule has 1 aliphatic rings. The van der Waals surface area contributed by atoms with Crippen molar-refractivity contribution >= 4 is 22.7 Å². The van der Waals surface area contributed by atoms with Gasteiger partial charge in [-0.05, 0) is 55.4 Å². The number of primary amides is 1. The molecule has 2 amide bonds. The summed E-state index contributed by atoms with van der Waals surface area (Å²) in [6.45, 7) is 0. The lowest BCUT2D eigenvalue weighted by atomic mass is 9.76. The van der Waals surface area contributed by atoms with Gasteiger partial charge in [0.05, 0.1) is 23.2 Å². The van der Waals surface area contributed by atoms with Crippen molar-refractivity contribution in [2.24, 2.45) is 17.6 Å². The lowest BCUT2D eigenvalue weighted by Crippen LogP contribution is -2.47. The SMILES string of the molecule is NC(=O)[C@@H](C[C@H](O)[C@H](Cc1ccccc1)NC(=O)c1cnc2cc(F)ccc2c1)C1CCCCC1. The lowest BCUT2D eigenvalue weighted by Gasteiger charge is -2.32. The van der Waals surface area contributed by atoms with Crippen LogP contribution in [0.4, 0.5) is 4.39 Å². The second-order valence-electron chi connectivity index (χ2n) is 9.54. The van der Waals surface area contributed by atoms with E-state index in [4.69, 9.17) is 5.73 Å². The van der Waals surface area contributed by atoms with Gasteiger partial charge < -0.3 is 16.2 Å². The van der Waals surface area contributed by atoms with Gasteiger partial charge in [-0.1, -0.05) is 49.6 Å². The van der Waals surface area contributed by atoms with Crippen LogP contribution >= 0.6 is 0 Å². The standard InChI is InChI=1S/C28H32FN3O3/c29-22-12-11-20-14-21(17-31-24(20)15-22)28(35)32-25(13-18-7-3-1-4-8-18)26(33)16-23(27(30)34)19-9-5-2-6-10-19/h1,3-4,7-8,11-12,14-15,17,19,23,25-26,33H,2,5-6,9-10,13,16H2,(H2,30,34)(H,32,35)/t23-,25-,26-/m0/s1. The molecule has 4 rings (SSSR count). The van der Waals surface area contributed by atoms with E-state index < -0.39 is 35.7 Å². The number of aromatic nitrogens is 1. The van der Waals surface area contributed by atoms with Crippen LogP contribution in [0.3, 0.4) is 0 Å². The summed E-state index contributed by atoms with van der Waals surface area (Å²) in [4.78, 5) is 29.7. The van der Waals surface area contributed by atoms with E-state index in [0.717, 1.165) is 37.7 Å². The maximum atomic E-state index is 13.5. The fraction of sp³-hybridized carbons (Fsp3) is 0.393. The molecular formula is C28H32FN3O3. The lowest BCUT2D eigenvalue weighted by molar-refractivity contribution is -0.125. The van der Waals surface area contributed by atoms with E-state index in [0.29, 0.717) is 22.9 Å². The smallest absolute Gasteiger partial charge is 0.253 e. The molecule has 35 heavy (non-hydrogen) atoms. The number of fused-ring (bicyclic) bond motifs is 1. The highest BCUT2D eigenvalue weighted by molar-refractivity contribution is 5.97. The molecule has 4 N–H and O–H groups in total. The molecule has 1 heterocycles. The van der Waals surface area contributed by atoms with Gasteiger partial charge in [0, 0.05) is 23.6 Å². The number of nitrogens with two attached hydrogens (primary N) is 1. The monoisotopic (exact) mass is 477 g/mol. The normalized spacial score (nSPS) is 17.0. The minimum atomic E-state index is -0.957. The number of rotatable bonds is 9. The maximum Gasteiger partial charge on any atom is 0.253 e. The van der Waals surface area contributed by atoms with Crippen LogP contribution in [0, 0.1) is 17.7 Å². The third kappa shape index (κ3) is 6.42. The molecule has 6 nitrogen and oxygen atoms in total. The zero-order valence-electron chi connectivity index (χ0n) is 19.7. The number of nitrogens with zero attached hydrogens (tertiary/aromatic N) is 1. The molecule has 0 saturated heterocycles. The summed E-state index contributed by atoms with van der Waals surface area (Å²) in [7, 11) is 0. The quantitative estimate of drug-likeness (QED) is 0.431. The maximum absolute atomic E-state index is 13.5. The molecule has 0 radical (unpaired) electrons. The average Bonchev–Trinajstić information content (AvgIpc) is 2.87. The van der Waals surface area contributed by atoms with Crippen LogP contribution in [0.5, 0.6) is 0 Å². The van der Waals surface area contributed by atoms with Gasteiger partial charge in [-0.3, -0.25) is 14.6 Å². The minimum Gasteiger partial charge on any atom is -0.391 e. The third-order valence-corrected chi connectivity index (χ3v) is 7.07. The van der Waals surface area contributed by atoms with E-state index in [1.165, 1.54) is 18.3 Å². The van der Waals surface area contributed by atoms with Gasteiger partial charge in [0.1, 0.15) is 5.82 Å². The Hall–Kier alpha value is -3.32. The van der Waals surface area contributed by atoms with Gasteiger partial charge in [-0.25, -0.2) is 4.39 Å². The molecule has 1 saturated carbocycles. The van der Waals surface area contributed by atoms with Crippen LogP contribution in [0.1, 0.15) is 54.4 Å². The van der Waals surface area contributed by atoms with E-state index >= 15 is 0 Å². The van der Waals surface area contributed by atoms with Crippen molar-refractivity contribution < 1.29 is 19.1 Å². The van der Waals surface area contributed by atoms with Crippen LogP contribution < -0.4 is 11.1 Å². The van der Waals surface area contributed by atoms with E-state index in [9.17, 15) is 19.1 Å². The second-order valence-corrected chi connectivity index (χ2v) is 9.54. The molecule has 7 heteroatoms. The zero-order chi connectivity index (χ0) is 24.8. The number of aliphatic hydroxyl groups is 1. The summed E-state index contributed by atoms with van der Waals surface area (Å²) in [5.41, 5.74) is 7.48. The summed E-state index contributed by atoms with van der Waals surface area (Å²) in [6.07, 6.45) is 6.19. The molecule has 0 aliphatic heterocycles. The first-order valence-corrected chi connectivity index (χ1v) is 12.3. The van der Waals surface area contributed by atoms with Crippen molar-refractivity contribution in [1.29, 1.82) is 0 Å². The van der Waals surface area contributed by atoms with Gasteiger partial charge >= 0.3 is 0 Å². The summed E-state index contributed by atoms with van der Waals surface area (Å²) in [6, 6.07) is 14.8. The van der Waals surface area contributed by atoms with Gasteiger partial charge in [0.2, 0.25) is 5.91 Å². The number of hydrogen-bond donors (Lipinski definition) is 3. The summed E-state index contributed by atoms with van der Waals surface area (Å²) in [5.74, 6) is -1.45. The number of benzene rings is 2. The van der Waals surface area contributed by atoms with E-state index in [-0.39, 0.29) is 12.3 Å². The van der Waals surface area contributed by atoms with Gasteiger partial charge in [0.25, 0.3) is 5.91 Å². The number of pyridine rings is 1. The first-order valence-electron chi connectivity index (χ1n) is 12.3. The number of amides is 2. The Balaban J connectivity index is 1.54. The van der Waals surface area contributed by atoms with Crippen LogP contribution in [0.15, 0.2) is 60.8 Å². The Morgan fingerprint density at radius 2 is 1.83 bits per heavy atom. The third-order valence-electron chi connectivity index (χ3n) is 7.07. The van der Waals surface area contributed by atoms with E-state index in [1.807, 2.05) is 30.3 Å². The highest BCUT2D eigenvalue weighted by atomic mass is 19.1. The molecular weight excluding hydrogens is 445 g/mol. The predicted octanol–water partition coefficient (Wildman–Crippen LogP) is 4.15. The fourth-order valence-corrected chi connectivity index (χ4v) is 5.12. The Bertz CT molecular complexity index is 1160. The average molecular weight is 478 g/mol. The molecule has 0 bridgehead atoms. The number of nitrogens with one attached hydrogen (secondary N) is 1. The molecule has 0 spiro atoms. The molecule has 1 aromatic heterocycles. The summed E-state index contributed by atoms with van der Waals surface area (Å²) < 4.78 is 13.5. The molecule has 2 aromatic carbocycles. The van der Waals surface area contributed by atoms with Crippen LogP contribution in [0.2, 0.25) is 0 Å². The van der Waals surface area contributed by atoms with E-state index in [2.05, 4.69) is 10.3 Å². The van der Waals surface area contributed by atoms with E-state index in [1.54, 1.807) is 12.1 Å². The first-order chi connectivity index (χ1) is 16.9. The fourth-order valence-electron chi connectivity index (χ4n) is 5.12. The van der Waals surface area contributed by atoms with Crippen LogP contribution in [0.25, 0.3) is 10.9 Å². The minimum absolute atomic E-state index is 0.161. The van der Waals surface area contributed by atoms with Crippen molar-refractivity contribution in [3.63, 3.8) is 0 Å². The largest absolute Gasteiger partial charge is 0.391 e. The topological polar surface area (TPSA) is 105 Å². The number of aliphatic hydroxyl groups excluding tert-OH is 1. The number of carbonyl (C=O) groups is 2. The van der Waals surface area contributed by atoms with Crippen molar-refractivity contribution in [3.05, 3.63) is 77.7 Å². The molecule has 1 aliphatic carbocycles. The Morgan fingerprint density at radius 1 is 1.09 bits per heavy atom. The molecule has 184 valence electrons. The summed E-state index contributed by atoms with van der Waals surface area (Å²) >= 11 is 0. The molecule has 0 unspecified atom stereocenters. The van der Waals surface area contributed by atoms with Gasteiger partial charge in [0.15, 0.2) is 0 Å². The van der Waals surface area contributed by atoms with Crippen LogP contribution in [-0.4, -0.2) is 34.1 Å². The number of halogens is 1. The Kier molecular flexibility index (Phi) is 8.08. The summed E-state index contributed by atoms with van der Waals surface area (Å²) in [5, 5.41) is 14.8. The molecule has 3 aromatic rings. The number of hydrogen-bond acceptors (Lipinski definition) is 4. The predicted molar refractivity (Wildman–Crippen MR) is 133 cm³/mol. The first kappa shape index (κ1) is 24.8.